The van der Waals surface area contributed by atoms with Crippen molar-refractivity contribution in [1.29, 1.82) is 0 Å². The zero-order valence-corrected chi connectivity index (χ0v) is 21.7. The van der Waals surface area contributed by atoms with E-state index in [-0.39, 0.29) is 5.54 Å². The van der Waals surface area contributed by atoms with Gasteiger partial charge in [0.2, 0.25) is 0 Å². The number of amidine groups is 1. The zero-order valence-electron chi connectivity index (χ0n) is 20.9. The third-order valence-electron chi connectivity index (χ3n) is 6.87. The van der Waals surface area contributed by atoms with Crippen LogP contribution in [0.25, 0.3) is 0 Å². The monoisotopic (exact) mass is 481 g/mol. The molecule has 184 valence electrons. The van der Waals surface area contributed by atoms with Crippen molar-refractivity contribution < 1.29 is 0 Å². The fourth-order valence-corrected chi connectivity index (χ4v) is 5.69. The van der Waals surface area contributed by atoms with Gasteiger partial charge in [0.1, 0.15) is 22.5 Å². The van der Waals surface area contributed by atoms with Gasteiger partial charge in [-0.25, -0.2) is 9.98 Å². The lowest BCUT2D eigenvalue weighted by Crippen LogP contribution is -2.45. The van der Waals surface area contributed by atoms with E-state index in [1.807, 2.05) is 18.2 Å². The van der Waals surface area contributed by atoms with Crippen LogP contribution < -0.4 is 15.4 Å². The summed E-state index contributed by atoms with van der Waals surface area (Å²) < 4.78 is 3.38. The number of hydrogen-bond acceptors (Lipinski definition) is 7. The molecule has 2 saturated heterocycles. The van der Waals surface area contributed by atoms with Gasteiger partial charge < -0.3 is 25.2 Å². The Hall–Kier alpha value is -2.45. The molecule has 0 radical (unpaired) electrons. The maximum absolute atomic E-state index is 5.26. The first kappa shape index (κ1) is 24.7. The number of pyridine rings is 1. The largest absolute Gasteiger partial charge is 0.370 e. The molecule has 4 bridgehead atoms. The predicted octanol–water partition coefficient (Wildman–Crippen LogP) is 4.22. The molecule has 2 fully saturated rings. The molecule has 3 N–H and O–H groups in total. The number of fused-ring (bicyclic) bond motifs is 4. The topological polar surface area (TPSA) is 67.8 Å². The number of hydrogen-bond donors (Lipinski definition) is 3. The van der Waals surface area contributed by atoms with Crippen LogP contribution in [0.15, 0.2) is 64.5 Å². The number of aliphatic imine (C=N–C) groups is 1. The Bertz CT molecular complexity index is 962. The Morgan fingerprint density at radius 2 is 2.03 bits per heavy atom. The fourth-order valence-electron chi connectivity index (χ4n) is 5.05. The molecular weight excluding hydrogens is 442 g/mol. The maximum atomic E-state index is 5.26. The Morgan fingerprint density at radius 1 is 1.24 bits per heavy atom. The smallest absolute Gasteiger partial charge is 0.140 e. The normalized spacial score (nSPS) is 25.4. The molecule has 3 aliphatic rings. The first-order chi connectivity index (χ1) is 16.4. The van der Waals surface area contributed by atoms with Gasteiger partial charge in [-0.2, -0.15) is 0 Å². The summed E-state index contributed by atoms with van der Waals surface area (Å²) in [4.78, 5) is 14.8. The second kappa shape index (κ2) is 10.9. The van der Waals surface area contributed by atoms with E-state index in [0.29, 0.717) is 5.92 Å². The van der Waals surface area contributed by atoms with Gasteiger partial charge in [0, 0.05) is 68.0 Å². The summed E-state index contributed by atoms with van der Waals surface area (Å²) in [7, 11) is 0. The van der Waals surface area contributed by atoms with Crippen molar-refractivity contribution >= 4 is 23.6 Å². The average Bonchev–Trinajstić information content (AvgIpc) is 3.14. The number of anilines is 1. The molecular formula is C26H39N7S. The van der Waals surface area contributed by atoms with E-state index in [0.717, 1.165) is 85.9 Å². The number of nitrogens with zero attached hydrogens (tertiary/aromatic N) is 4. The molecule has 0 spiro atoms. The van der Waals surface area contributed by atoms with Crippen LogP contribution in [0.4, 0.5) is 5.82 Å². The second-order valence-electron chi connectivity index (χ2n) is 9.90. The average molecular weight is 482 g/mol. The van der Waals surface area contributed by atoms with Crippen molar-refractivity contribution in [2.24, 2.45) is 10.9 Å². The molecule has 4 heterocycles. The Morgan fingerprint density at radius 3 is 2.79 bits per heavy atom. The van der Waals surface area contributed by atoms with Crippen LogP contribution in [-0.2, 0) is 0 Å². The number of rotatable bonds is 2. The molecule has 4 rings (SSSR count). The van der Waals surface area contributed by atoms with Crippen molar-refractivity contribution in [2.45, 2.75) is 50.6 Å². The summed E-state index contributed by atoms with van der Waals surface area (Å²) in [5.74, 6) is 3.46. The van der Waals surface area contributed by atoms with Gasteiger partial charge in [0.05, 0.1) is 0 Å². The summed E-state index contributed by atoms with van der Waals surface area (Å²) in [5.41, 5.74) is 1.59. The molecule has 1 aromatic rings. The molecule has 1 atom stereocenters. The van der Waals surface area contributed by atoms with Crippen LogP contribution in [-0.4, -0.2) is 65.4 Å². The molecule has 34 heavy (non-hydrogen) atoms. The minimum absolute atomic E-state index is 0.00147. The summed E-state index contributed by atoms with van der Waals surface area (Å²) in [6.45, 7) is 21.3. The molecule has 7 nitrogen and oxygen atoms in total. The lowest BCUT2D eigenvalue weighted by molar-refractivity contribution is 0.275. The van der Waals surface area contributed by atoms with Crippen LogP contribution in [0, 0.1) is 5.92 Å². The van der Waals surface area contributed by atoms with Crippen LogP contribution in [0.2, 0.25) is 0 Å². The maximum Gasteiger partial charge on any atom is 0.140 e. The van der Waals surface area contributed by atoms with Gasteiger partial charge in [0.25, 0.3) is 0 Å². The lowest BCUT2D eigenvalue weighted by atomic mass is 9.93. The van der Waals surface area contributed by atoms with Crippen molar-refractivity contribution in [3.63, 3.8) is 0 Å². The second-order valence-corrected chi connectivity index (χ2v) is 10.7. The highest BCUT2D eigenvalue weighted by Gasteiger charge is 2.41. The van der Waals surface area contributed by atoms with Crippen LogP contribution in [0.1, 0.15) is 40.0 Å². The number of allylic oxidation sites excluding steroid dienone is 1. The summed E-state index contributed by atoms with van der Waals surface area (Å²) in [5, 5.41) is 7.81. The van der Waals surface area contributed by atoms with E-state index in [4.69, 9.17) is 9.98 Å². The molecule has 8 heteroatoms. The fraction of sp³-hybridized carbons (Fsp3) is 0.538. The van der Waals surface area contributed by atoms with Crippen molar-refractivity contribution in [2.75, 3.05) is 44.6 Å². The Labute approximate surface area is 209 Å². The molecule has 0 aliphatic carbocycles. The molecule has 0 amide bonds. The predicted molar refractivity (Wildman–Crippen MR) is 144 cm³/mol. The van der Waals surface area contributed by atoms with E-state index in [9.17, 15) is 0 Å². The first-order valence-electron chi connectivity index (χ1n) is 12.4. The molecule has 0 saturated carbocycles. The number of nitrogens with one attached hydrogen (secondary N) is 3. The number of aromatic nitrogens is 1. The van der Waals surface area contributed by atoms with Gasteiger partial charge in [-0.3, -0.25) is 0 Å². The third kappa shape index (κ3) is 5.78. The van der Waals surface area contributed by atoms with Gasteiger partial charge in [-0.15, -0.1) is 0 Å². The van der Waals surface area contributed by atoms with Gasteiger partial charge in [-0.05, 0) is 64.2 Å². The molecule has 0 aromatic carbocycles. The highest BCUT2D eigenvalue weighted by Crippen LogP contribution is 2.37. The van der Waals surface area contributed by atoms with Crippen LogP contribution in [0.5, 0.6) is 0 Å². The van der Waals surface area contributed by atoms with E-state index in [2.05, 4.69) is 65.2 Å². The van der Waals surface area contributed by atoms with E-state index in [1.54, 1.807) is 0 Å². The van der Waals surface area contributed by atoms with E-state index < -0.39 is 0 Å². The van der Waals surface area contributed by atoms with Crippen LogP contribution >= 0.6 is 11.9 Å². The van der Waals surface area contributed by atoms with Gasteiger partial charge in [0.15, 0.2) is 0 Å². The van der Waals surface area contributed by atoms with Gasteiger partial charge >= 0.3 is 0 Å². The minimum atomic E-state index is -0.00147. The number of piperazine rings is 1. The first-order valence-corrected chi connectivity index (χ1v) is 13.2. The van der Waals surface area contributed by atoms with Crippen LogP contribution in [0.3, 0.4) is 0 Å². The highest BCUT2D eigenvalue weighted by molar-refractivity contribution is 7.97. The zero-order chi connectivity index (χ0) is 24.1. The van der Waals surface area contributed by atoms with Crippen molar-refractivity contribution in [3.8, 4) is 0 Å². The minimum Gasteiger partial charge on any atom is -0.370 e. The van der Waals surface area contributed by atoms with E-state index >= 15 is 0 Å². The lowest BCUT2D eigenvalue weighted by Gasteiger charge is -2.37. The van der Waals surface area contributed by atoms with Crippen molar-refractivity contribution in [3.05, 3.63) is 54.5 Å². The standard InChI is InChI=1S/C26H39N7S/c1-6-23(32-15-13-27-14-16-32)30-25-19(2)20(3)31-34-24-11-7-10-22(29-24)28-12-8-9-21-17-26(4,5)33(25)18-21/h6-7,10-11,21,27,31H,2-3,8-9,12-18H2,1,4-5H3,(H,28,29)/b23-6+,30-25+/t21-/m0/s1. The molecule has 1 aromatic heterocycles. The summed E-state index contributed by atoms with van der Waals surface area (Å²) in [6, 6.07) is 6.06. The highest BCUT2D eigenvalue weighted by atomic mass is 32.2. The Kier molecular flexibility index (Phi) is 7.88. The Balaban J connectivity index is 1.67. The third-order valence-corrected chi connectivity index (χ3v) is 7.65. The van der Waals surface area contributed by atoms with Gasteiger partial charge in [-0.1, -0.05) is 19.2 Å². The SMILES string of the molecule is C=C1NSc2cccc(n2)NCCC[C@@H]2CN(/C(=N/C(=C\C)N3CCNCC3)C1=C)C(C)(C)C2. The van der Waals surface area contributed by atoms with E-state index in [1.165, 1.54) is 18.4 Å². The summed E-state index contributed by atoms with van der Waals surface area (Å²) >= 11 is 1.46. The van der Waals surface area contributed by atoms with Crippen molar-refractivity contribution in [1.82, 2.24) is 24.8 Å². The quantitative estimate of drug-likeness (QED) is 0.547. The molecule has 0 unspecified atom stereocenters. The molecule has 3 aliphatic heterocycles. The summed E-state index contributed by atoms with van der Waals surface area (Å²) in [6.07, 6.45) is 5.55.